The number of methoxy groups -OCH3 is 1. The molecule has 1 saturated heterocycles. The van der Waals surface area contributed by atoms with Crippen LogP contribution < -0.4 is 10.5 Å². The molecule has 2 N–H and O–H groups in total. The Morgan fingerprint density at radius 2 is 2.21 bits per heavy atom. The molecular formula is C16H26N2O. The van der Waals surface area contributed by atoms with Gasteiger partial charge in [-0.3, -0.25) is 4.90 Å². The monoisotopic (exact) mass is 262 g/mol. The number of aryl methyl sites for hydroxylation is 1. The molecule has 0 amide bonds. The van der Waals surface area contributed by atoms with Crippen molar-refractivity contribution in [3.63, 3.8) is 0 Å². The van der Waals surface area contributed by atoms with Gasteiger partial charge in [0, 0.05) is 13.1 Å². The number of nitrogens with two attached hydrogens (primary N) is 1. The average molecular weight is 262 g/mol. The van der Waals surface area contributed by atoms with E-state index in [1.165, 1.54) is 30.5 Å². The second kappa shape index (κ2) is 6.92. The molecule has 1 aromatic carbocycles. The van der Waals surface area contributed by atoms with Gasteiger partial charge in [-0.15, -0.1) is 0 Å². The van der Waals surface area contributed by atoms with Gasteiger partial charge in [0.05, 0.1) is 7.11 Å². The molecule has 0 radical (unpaired) electrons. The summed E-state index contributed by atoms with van der Waals surface area (Å²) in [5.41, 5.74) is 8.64. The molecule has 2 rings (SSSR count). The van der Waals surface area contributed by atoms with E-state index in [0.29, 0.717) is 5.92 Å². The van der Waals surface area contributed by atoms with Gasteiger partial charge in [0.15, 0.2) is 0 Å². The number of ether oxygens (including phenoxy) is 1. The standard InChI is InChI=1S/C16H26N2O/c1-3-14-9-16(19-2)7-6-15(14)12-18-8-4-5-13(10-17)11-18/h6-7,9,13H,3-5,8,10-12,17H2,1-2H3. The van der Waals surface area contributed by atoms with Crippen molar-refractivity contribution in [2.45, 2.75) is 32.7 Å². The first-order valence-corrected chi connectivity index (χ1v) is 7.35. The van der Waals surface area contributed by atoms with E-state index in [9.17, 15) is 0 Å². The van der Waals surface area contributed by atoms with E-state index in [1.54, 1.807) is 7.11 Å². The molecule has 1 aromatic rings. The van der Waals surface area contributed by atoms with Crippen LogP contribution in [0.1, 0.15) is 30.9 Å². The molecule has 0 spiro atoms. The highest BCUT2D eigenvalue weighted by Gasteiger charge is 2.19. The lowest BCUT2D eigenvalue weighted by atomic mass is 9.97. The van der Waals surface area contributed by atoms with Crippen molar-refractivity contribution in [1.29, 1.82) is 0 Å². The second-order valence-electron chi connectivity index (χ2n) is 5.47. The fourth-order valence-corrected chi connectivity index (χ4v) is 2.94. The molecule has 3 nitrogen and oxygen atoms in total. The number of piperidine rings is 1. The summed E-state index contributed by atoms with van der Waals surface area (Å²) in [7, 11) is 1.73. The predicted octanol–water partition coefficient (Wildman–Crippen LogP) is 2.43. The zero-order valence-electron chi connectivity index (χ0n) is 12.2. The molecule has 106 valence electrons. The van der Waals surface area contributed by atoms with Crippen LogP contribution in [0.4, 0.5) is 0 Å². The van der Waals surface area contributed by atoms with Crippen molar-refractivity contribution in [1.82, 2.24) is 4.90 Å². The van der Waals surface area contributed by atoms with E-state index in [1.807, 2.05) is 0 Å². The topological polar surface area (TPSA) is 38.5 Å². The van der Waals surface area contributed by atoms with Crippen LogP contribution in [0.2, 0.25) is 0 Å². The normalized spacial score (nSPS) is 20.5. The molecule has 0 aliphatic carbocycles. The Hall–Kier alpha value is -1.06. The van der Waals surface area contributed by atoms with Gasteiger partial charge in [-0.1, -0.05) is 13.0 Å². The smallest absolute Gasteiger partial charge is 0.119 e. The van der Waals surface area contributed by atoms with Gasteiger partial charge in [-0.25, -0.2) is 0 Å². The third-order valence-corrected chi connectivity index (χ3v) is 4.12. The summed E-state index contributed by atoms with van der Waals surface area (Å²) >= 11 is 0. The van der Waals surface area contributed by atoms with Crippen molar-refractivity contribution in [2.75, 3.05) is 26.7 Å². The van der Waals surface area contributed by atoms with Crippen LogP contribution in [0.5, 0.6) is 5.75 Å². The SMILES string of the molecule is CCc1cc(OC)ccc1CN1CCCC(CN)C1. The van der Waals surface area contributed by atoms with E-state index in [-0.39, 0.29) is 0 Å². The fourth-order valence-electron chi connectivity index (χ4n) is 2.94. The molecule has 1 heterocycles. The van der Waals surface area contributed by atoms with E-state index in [0.717, 1.165) is 31.8 Å². The van der Waals surface area contributed by atoms with Crippen LogP contribution in [0, 0.1) is 5.92 Å². The maximum atomic E-state index is 5.81. The van der Waals surface area contributed by atoms with Crippen molar-refractivity contribution in [2.24, 2.45) is 11.7 Å². The molecule has 1 fully saturated rings. The highest BCUT2D eigenvalue weighted by Crippen LogP contribution is 2.22. The first-order valence-electron chi connectivity index (χ1n) is 7.35. The lowest BCUT2D eigenvalue weighted by Crippen LogP contribution is -2.38. The molecule has 0 bridgehead atoms. The summed E-state index contributed by atoms with van der Waals surface area (Å²) in [6, 6.07) is 6.45. The van der Waals surface area contributed by atoms with E-state index < -0.39 is 0 Å². The van der Waals surface area contributed by atoms with Crippen LogP contribution >= 0.6 is 0 Å². The maximum absolute atomic E-state index is 5.81. The molecule has 3 heteroatoms. The summed E-state index contributed by atoms with van der Waals surface area (Å²) in [6.07, 6.45) is 3.62. The lowest BCUT2D eigenvalue weighted by Gasteiger charge is -2.32. The molecule has 19 heavy (non-hydrogen) atoms. The van der Waals surface area contributed by atoms with Crippen LogP contribution in [0.15, 0.2) is 18.2 Å². The zero-order chi connectivity index (χ0) is 13.7. The number of nitrogens with zero attached hydrogens (tertiary/aromatic N) is 1. The van der Waals surface area contributed by atoms with Crippen LogP contribution in [0.3, 0.4) is 0 Å². The summed E-state index contributed by atoms with van der Waals surface area (Å²) in [6.45, 7) is 6.41. The quantitative estimate of drug-likeness (QED) is 0.885. The number of benzene rings is 1. The Labute approximate surface area is 116 Å². The Bertz CT molecular complexity index is 406. The maximum Gasteiger partial charge on any atom is 0.119 e. The third kappa shape index (κ3) is 3.71. The van der Waals surface area contributed by atoms with Crippen molar-refractivity contribution in [3.05, 3.63) is 29.3 Å². The minimum Gasteiger partial charge on any atom is -0.497 e. The van der Waals surface area contributed by atoms with Crippen molar-refractivity contribution < 1.29 is 4.74 Å². The van der Waals surface area contributed by atoms with Gasteiger partial charge >= 0.3 is 0 Å². The molecule has 1 aliphatic heterocycles. The Morgan fingerprint density at radius 3 is 2.89 bits per heavy atom. The molecular weight excluding hydrogens is 236 g/mol. The van der Waals surface area contributed by atoms with Gasteiger partial charge in [0.1, 0.15) is 5.75 Å². The average Bonchev–Trinajstić information content (AvgIpc) is 2.48. The summed E-state index contributed by atoms with van der Waals surface area (Å²) < 4.78 is 5.31. The first kappa shape index (κ1) is 14.4. The first-order chi connectivity index (χ1) is 9.26. The summed E-state index contributed by atoms with van der Waals surface area (Å²) in [5, 5.41) is 0. The molecule has 0 aromatic heterocycles. The van der Waals surface area contributed by atoms with Gasteiger partial charge in [0.2, 0.25) is 0 Å². The Morgan fingerprint density at radius 1 is 1.37 bits per heavy atom. The molecule has 0 saturated carbocycles. The Kier molecular flexibility index (Phi) is 5.23. The van der Waals surface area contributed by atoms with E-state index in [4.69, 9.17) is 10.5 Å². The van der Waals surface area contributed by atoms with Crippen molar-refractivity contribution in [3.8, 4) is 5.75 Å². The third-order valence-electron chi connectivity index (χ3n) is 4.12. The lowest BCUT2D eigenvalue weighted by molar-refractivity contribution is 0.170. The summed E-state index contributed by atoms with van der Waals surface area (Å²) in [4.78, 5) is 2.54. The van der Waals surface area contributed by atoms with Crippen LogP contribution in [-0.2, 0) is 13.0 Å². The van der Waals surface area contributed by atoms with Crippen molar-refractivity contribution >= 4 is 0 Å². The predicted molar refractivity (Wildman–Crippen MR) is 79.4 cm³/mol. The van der Waals surface area contributed by atoms with Gasteiger partial charge in [-0.2, -0.15) is 0 Å². The minimum atomic E-state index is 0.678. The Balaban J connectivity index is 2.05. The number of rotatable bonds is 5. The molecule has 1 aliphatic rings. The number of hydrogen-bond acceptors (Lipinski definition) is 3. The highest BCUT2D eigenvalue weighted by atomic mass is 16.5. The minimum absolute atomic E-state index is 0.678. The highest BCUT2D eigenvalue weighted by molar-refractivity contribution is 5.35. The molecule has 1 atom stereocenters. The second-order valence-corrected chi connectivity index (χ2v) is 5.47. The van der Waals surface area contributed by atoms with Gasteiger partial charge in [0.25, 0.3) is 0 Å². The zero-order valence-corrected chi connectivity index (χ0v) is 12.2. The van der Waals surface area contributed by atoms with Crippen LogP contribution in [0.25, 0.3) is 0 Å². The van der Waals surface area contributed by atoms with Gasteiger partial charge < -0.3 is 10.5 Å². The summed E-state index contributed by atoms with van der Waals surface area (Å²) in [5.74, 6) is 1.64. The number of likely N-dealkylation sites (tertiary alicyclic amines) is 1. The molecule has 1 unspecified atom stereocenters. The van der Waals surface area contributed by atoms with E-state index >= 15 is 0 Å². The van der Waals surface area contributed by atoms with Gasteiger partial charge in [-0.05, 0) is 61.5 Å². The number of hydrogen-bond donors (Lipinski definition) is 1. The van der Waals surface area contributed by atoms with E-state index in [2.05, 4.69) is 30.0 Å². The fraction of sp³-hybridized carbons (Fsp3) is 0.625. The van der Waals surface area contributed by atoms with Crippen LogP contribution in [-0.4, -0.2) is 31.6 Å². The largest absolute Gasteiger partial charge is 0.497 e.